The van der Waals surface area contributed by atoms with Gasteiger partial charge in [-0.2, -0.15) is 0 Å². The van der Waals surface area contributed by atoms with Crippen LogP contribution < -0.4 is 5.73 Å². The Hall–Kier alpha value is -1.02. The minimum absolute atomic E-state index is 0.665. The largest absolute Gasteiger partial charge is 0.399 e. The van der Waals surface area contributed by atoms with Gasteiger partial charge in [0.05, 0.1) is 0 Å². The summed E-state index contributed by atoms with van der Waals surface area (Å²) in [6.07, 6.45) is 5.21. The minimum atomic E-state index is 0.665. The van der Waals surface area contributed by atoms with E-state index in [4.69, 9.17) is 5.73 Å². The zero-order valence-corrected chi connectivity index (χ0v) is 10.7. The molecule has 1 heterocycles. The molecule has 2 nitrogen and oxygen atoms in total. The molecule has 0 amide bonds. The maximum Gasteiger partial charge on any atom is 0.0354 e. The SMILES string of the molecule is CC1CCN(C2CCc3cc(N)ccc32)CC1. The fourth-order valence-corrected chi connectivity index (χ4v) is 3.33. The van der Waals surface area contributed by atoms with Crippen molar-refractivity contribution in [2.24, 2.45) is 5.92 Å². The van der Waals surface area contributed by atoms with E-state index in [-0.39, 0.29) is 0 Å². The number of nitrogens with zero attached hydrogens (tertiary/aromatic N) is 1. The standard InChI is InChI=1S/C15H22N2/c1-11-6-8-17(9-7-11)15-5-2-12-10-13(16)3-4-14(12)15/h3-4,10-11,15H,2,5-9,16H2,1H3. The quantitative estimate of drug-likeness (QED) is 0.751. The number of hydrogen-bond donors (Lipinski definition) is 1. The van der Waals surface area contributed by atoms with Crippen LogP contribution in [0.1, 0.15) is 43.4 Å². The lowest BCUT2D eigenvalue weighted by Gasteiger charge is -2.35. The predicted molar refractivity (Wildman–Crippen MR) is 71.9 cm³/mol. The van der Waals surface area contributed by atoms with Crippen molar-refractivity contribution in [3.05, 3.63) is 29.3 Å². The molecule has 92 valence electrons. The first kappa shape index (κ1) is 11.1. The lowest BCUT2D eigenvalue weighted by atomic mass is 9.96. The van der Waals surface area contributed by atoms with Crippen molar-refractivity contribution in [2.45, 2.75) is 38.6 Å². The summed E-state index contributed by atoms with van der Waals surface area (Å²) in [5, 5.41) is 0. The molecule has 17 heavy (non-hydrogen) atoms. The summed E-state index contributed by atoms with van der Waals surface area (Å²) in [5.74, 6) is 0.915. The van der Waals surface area contributed by atoms with Gasteiger partial charge >= 0.3 is 0 Å². The number of piperidine rings is 1. The Balaban J connectivity index is 1.79. The molecule has 1 unspecified atom stereocenters. The number of anilines is 1. The zero-order chi connectivity index (χ0) is 11.8. The molecule has 1 aromatic rings. The summed E-state index contributed by atoms with van der Waals surface area (Å²) in [7, 11) is 0. The van der Waals surface area contributed by atoms with Crippen LogP contribution in [-0.2, 0) is 6.42 Å². The molecule has 0 aromatic heterocycles. The summed E-state index contributed by atoms with van der Waals surface area (Å²) in [5.41, 5.74) is 9.79. The van der Waals surface area contributed by atoms with E-state index in [2.05, 4.69) is 30.0 Å². The highest BCUT2D eigenvalue weighted by Gasteiger charge is 2.29. The maximum atomic E-state index is 5.86. The summed E-state index contributed by atoms with van der Waals surface area (Å²) in [6.45, 7) is 4.92. The highest BCUT2D eigenvalue weighted by Crippen LogP contribution is 2.38. The molecule has 2 heteroatoms. The van der Waals surface area contributed by atoms with Gasteiger partial charge in [-0.3, -0.25) is 4.90 Å². The Morgan fingerprint density at radius 2 is 1.94 bits per heavy atom. The van der Waals surface area contributed by atoms with Crippen molar-refractivity contribution in [3.63, 3.8) is 0 Å². The number of rotatable bonds is 1. The topological polar surface area (TPSA) is 29.3 Å². The highest BCUT2D eigenvalue weighted by molar-refractivity contribution is 5.47. The molecule has 1 aliphatic carbocycles. The van der Waals surface area contributed by atoms with Gasteiger partial charge in [0.2, 0.25) is 0 Å². The van der Waals surface area contributed by atoms with E-state index >= 15 is 0 Å². The molecular formula is C15H22N2. The van der Waals surface area contributed by atoms with Crippen LogP contribution in [-0.4, -0.2) is 18.0 Å². The second-order valence-corrected chi connectivity index (χ2v) is 5.73. The molecule has 1 atom stereocenters. The first-order chi connectivity index (χ1) is 8.24. The number of nitrogen functional groups attached to an aromatic ring is 1. The molecule has 1 aliphatic heterocycles. The Kier molecular flexibility index (Phi) is 2.83. The minimum Gasteiger partial charge on any atom is -0.399 e. The van der Waals surface area contributed by atoms with E-state index < -0.39 is 0 Å². The van der Waals surface area contributed by atoms with Gasteiger partial charge in [0.1, 0.15) is 0 Å². The Morgan fingerprint density at radius 3 is 2.71 bits per heavy atom. The number of likely N-dealkylation sites (tertiary alicyclic amines) is 1. The van der Waals surface area contributed by atoms with E-state index in [0.29, 0.717) is 6.04 Å². The fourth-order valence-electron chi connectivity index (χ4n) is 3.33. The van der Waals surface area contributed by atoms with Gasteiger partial charge in [-0.25, -0.2) is 0 Å². The van der Waals surface area contributed by atoms with Crippen molar-refractivity contribution < 1.29 is 0 Å². The van der Waals surface area contributed by atoms with E-state index in [0.717, 1.165) is 11.6 Å². The number of hydrogen-bond acceptors (Lipinski definition) is 2. The van der Waals surface area contributed by atoms with Crippen LogP contribution in [0.2, 0.25) is 0 Å². The van der Waals surface area contributed by atoms with Gasteiger partial charge in [-0.1, -0.05) is 13.0 Å². The lowest BCUT2D eigenvalue weighted by molar-refractivity contribution is 0.137. The van der Waals surface area contributed by atoms with E-state index in [1.165, 1.54) is 49.9 Å². The van der Waals surface area contributed by atoms with Gasteiger partial charge in [0.25, 0.3) is 0 Å². The Morgan fingerprint density at radius 1 is 1.18 bits per heavy atom. The average Bonchev–Trinajstić information content (AvgIpc) is 2.73. The van der Waals surface area contributed by atoms with Crippen molar-refractivity contribution in [1.82, 2.24) is 4.90 Å². The smallest absolute Gasteiger partial charge is 0.0354 e. The van der Waals surface area contributed by atoms with Gasteiger partial charge in [0, 0.05) is 11.7 Å². The van der Waals surface area contributed by atoms with E-state index in [1.54, 1.807) is 0 Å². The molecule has 3 rings (SSSR count). The summed E-state index contributed by atoms with van der Waals surface area (Å²) in [4.78, 5) is 2.68. The van der Waals surface area contributed by atoms with E-state index in [9.17, 15) is 0 Å². The number of fused-ring (bicyclic) bond motifs is 1. The lowest BCUT2D eigenvalue weighted by Crippen LogP contribution is -2.35. The second kappa shape index (κ2) is 4.34. The molecule has 0 radical (unpaired) electrons. The summed E-state index contributed by atoms with van der Waals surface area (Å²) >= 11 is 0. The molecule has 2 N–H and O–H groups in total. The van der Waals surface area contributed by atoms with Crippen molar-refractivity contribution in [3.8, 4) is 0 Å². The first-order valence-electron chi connectivity index (χ1n) is 6.86. The second-order valence-electron chi connectivity index (χ2n) is 5.73. The maximum absolute atomic E-state index is 5.86. The number of benzene rings is 1. The third-order valence-electron chi connectivity index (χ3n) is 4.47. The van der Waals surface area contributed by atoms with Crippen LogP contribution in [0, 0.1) is 5.92 Å². The van der Waals surface area contributed by atoms with Crippen LogP contribution in [0.25, 0.3) is 0 Å². The zero-order valence-electron chi connectivity index (χ0n) is 10.7. The van der Waals surface area contributed by atoms with Crippen molar-refractivity contribution in [2.75, 3.05) is 18.8 Å². The van der Waals surface area contributed by atoms with Crippen LogP contribution in [0.4, 0.5) is 5.69 Å². The molecule has 0 saturated carbocycles. The monoisotopic (exact) mass is 230 g/mol. The summed E-state index contributed by atoms with van der Waals surface area (Å²) < 4.78 is 0. The van der Waals surface area contributed by atoms with Crippen molar-refractivity contribution >= 4 is 5.69 Å². The normalized spacial score (nSPS) is 26.1. The van der Waals surface area contributed by atoms with E-state index in [1.807, 2.05) is 0 Å². The summed E-state index contributed by atoms with van der Waals surface area (Å²) in [6, 6.07) is 7.14. The molecule has 2 aliphatic rings. The van der Waals surface area contributed by atoms with Gasteiger partial charge in [0.15, 0.2) is 0 Å². The van der Waals surface area contributed by atoms with Gasteiger partial charge in [-0.15, -0.1) is 0 Å². The van der Waals surface area contributed by atoms with Crippen LogP contribution in [0.15, 0.2) is 18.2 Å². The van der Waals surface area contributed by atoms with Gasteiger partial charge < -0.3 is 5.73 Å². The van der Waals surface area contributed by atoms with Gasteiger partial charge in [-0.05, 0) is 68.0 Å². The van der Waals surface area contributed by atoms with Crippen LogP contribution in [0.3, 0.4) is 0 Å². The molecular weight excluding hydrogens is 208 g/mol. The van der Waals surface area contributed by atoms with Crippen LogP contribution in [0.5, 0.6) is 0 Å². The average molecular weight is 230 g/mol. The Labute approximate surface area is 104 Å². The number of nitrogens with two attached hydrogens (primary N) is 1. The number of aryl methyl sites for hydroxylation is 1. The first-order valence-corrected chi connectivity index (χ1v) is 6.86. The molecule has 1 fully saturated rings. The molecule has 1 saturated heterocycles. The highest BCUT2D eigenvalue weighted by atomic mass is 15.2. The predicted octanol–water partition coefficient (Wildman–Crippen LogP) is 2.99. The van der Waals surface area contributed by atoms with Crippen LogP contribution >= 0.6 is 0 Å². The molecule has 0 bridgehead atoms. The molecule has 0 spiro atoms. The third-order valence-corrected chi connectivity index (χ3v) is 4.47. The van der Waals surface area contributed by atoms with Crippen molar-refractivity contribution in [1.29, 1.82) is 0 Å². The molecule has 1 aromatic carbocycles. The Bertz CT molecular complexity index is 405. The fraction of sp³-hybridized carbons (Fsp3) is 0.600. The third kappa shape index (κ3) is 2.06.